The molecule has 2 aliphatic rings. The summed E-state index contributed by atoms with van der Waals surface area (Å²) in [5.41, 5.74) is 2.03. The van der Waals surface area contributed by atoms with Crippen molar-refractivity contribution in [3.8, 4) is 0 Å². The first-order chi connectivity index (χ1) is 9.93. The molecule has 0 spiro atoms. The number of aryl methyl sites for hydroxylation is 1. The number of halogens is 4. The van der Waals surface area contributed by atoms with Crippen molar-refractivity contribution in [1.29, 1.82) is 0 Å². The van der Waals surface area contributed by atoms with E-state index in [9.17, 15) is 17.6 Å². The lowest BCUT2D eigenvalue weighted by Gasteiger charge is -2.33. The number of alkyl halides is 3. The van der Waals surface area contributed by atoms with Gasteiger partial charge in [-0.2, -0.15) is 13.2 Å². The molecule has 116 valence electrons. The molecule has 0 aliphatic heterocycles. The molecule has 3 unspecified atom stereocenters. The van der Waals surface area contributed by atoms with Crippen molar-refractivity contribution in [2.45, 2.75) is 56.8 Å². The molecule has 0 heterocycles. The molecule has 1 nitrogen and oxygen atoms in total. The van der Waals surface area contributed by atoms with Crippen molar-refractivity contribution in [2.24, 2.45) is 5.92 Å². The molecule has 1 N–H and O–H groups in total. The van der Waals surface area contributed by atoms with Crippen LogP contribution in [0.3, 0.4) is 0 Å². The van der Waals surface area contributed by atoms with Crippen LogP contribution >= 0.6 is 0 Å². The lowest BCUT2D eigenvalue weighted by molar-refractivity contribution is -0.183. The van der Waals surface area contributed by atoms with Crippen LogP contribution in [0.15, 0.2) is 18.2 Å². The third kappa shape index (κ3) is 3.23. The molecular weight excluding hydrogens is 282 g/mol. The van der Waals surface area contributed by atoms with E-state index in [2.05, 4.69) is 5.32 Å². The summed E-state index contributed by atoms with van der Waals surface area (Å²) in [5, 5.41) is 3.37. The normalized spacial score (nSPS) is 29.4. The molecule has 1 saturated carbocycles. The summed E-state index contributed by atoms with van der Waals surface area (Å²) in [6.07, 6.45) is -0.641. The van der Waals surface area contributed by atoms with Crippen LogP contribution in [0.5, 0.6) is 0 Å². The number of nitrogens with one attached hydrogen (secondary N) is 1. The Hall–Kier alpha value is -1.10. The van der Waals surface area contributed by atoms with E-state index in [0.29, 0.717) is 6.42 Å². The van der Waals surface area contributed by atoms with E-state index in [-0.39, 0.29) is 30.7 Å². The molecule has 0 amide bonds. The minimum Gasteiger partial charge on any atom is -0.307 e. The topological polar surface area (TPSA) is 12.0 Å². The molecule has 3 rings (SSSR count). The summed E-state index contributed by atoms with van der Waals surface area (Å²) < 4.78 is 51.7. The van der Waals surface area contributed by atoms with E-state index in [4.69, 9.17) is 0 Å². The zero-order valence-corrected chi connectivity index (χ0v) is 11.7. The van der Waals surface area contributed by atoms with Gasteiger partial charge in [-0.25, -0.2) is 4.39 Å². The summed E-state index contributed by atoms with van der Waals surface area (Å²) in [5.74, 6) is -1.43. The molecule has 1 fully saturated rings. The fourth-order valence-corrected chi connectivity index (χ4v) is 3.68. The van der Waals surface area contributed by atoms with Gasteiger partial charge in [0.25, 0.3) is 0 Å². The fraction of sp³-hybridized carbons (Fsp3) is 0.625. The molecule has 0 bridgehead atoms. The largest absolute Gasteiger partial charge is 0.391 e. The Labute approximate surface area is 121 Å². The standard InChI is InChI=1S/C16H19F4N/c17-12-5-6-14-10(8-12)4-7-15(14)21-13-3-1-2-11(9-13)16(18,19)20/h5-6,8,11,13,15,21H,1-4,7,9H2. The smallest absolute Gasteiger partial charge is 0.307 e. The van der Waals surface area contributed by atoms with Gasteiger partial charge in [-0.3, -0.25) is 0 Å². The Balaban J connectivity index is 1.66. The second-order valence-electron chi connectivity index (χ2n) is 6.20. The number of benzene rings is 1. The van der Waals surface area contributed by atoms with E-state index in [1.165, 1.54) is 12.1 Å². The molecule has 1 aromatic carbocycles. The summed E-state index contributed by atoms with van der Waals surface area (Å²) in [6, 6.07) is 4.71. The first-order valence-electron chi connectivity index (χ1n) is 7.54. The van der Waals surface area contributed by atoms with Crippen LogP contribution in [-0.2, 0) is 6.42 Å². The molecule has 2 aliphatic carbocycles. The molecular formula is C16H19F4N. The molecule has 1 aromatic rings. The number of fused-ring (bicyclic) bond motifs is 1. The molecule has 5 heteroatoms. The van der Waals surface area contributed by atoms with Gasteiger partial charge in [-0.1, -0.05) is 12.5 Å². The maximum Gasteiger partial charge on any atom is 0.391 e. The van der Waals surface area contributed by atoms with Gasteiger partial charge >= 0.3 is 6.18 Å². The van der Waals surface area contributed by atoms with Crippen LogP contribution in [0, 0.1) is 11.7 Å². The quantitative estimate of drug-likeness (QED) is 0.792. The Bertz CT molecular complexity index is 511. The van der Waals surface area contributed by atoms with Gasteiger partial charge in [0.05, 0.1) is 5.92 Å². The molecule has 0 saturated heterocycles. The van der Waals surface area contributed by atoms with Crippen LogP contribution in [0.25, 0.3) is 0 Å². The van der Waals surface area contributed by atoms with Crippen molar-refractivity contribution in [1.82, 2.24) is 5.32 Å². The third-order valence-electron chi connectivity index (χ3n) is 4.76. The van der Waals surface area contributed by atoms with Gasteiger partial charge in [0.1, 0.15) is 5.82 Å². The fourth-order valence-electron chi connectivity index (χ4n) is 3.68. The van der Waals surface area contributed by atoms with Gasteiger partial charge in [0.15, 0.2) is 0 Å². The van der Waals surface area contributed by atoms with E-state index in [0.717, 1.165) is 30.4 Å². The van der Waals surface area contributed by atoms with Gasteiger partial charge in [0, 0.05) is 12.1 Å². The zero-order valence-electron chi connectivity index (χ0n) is 11.7. The van der Waals surface area contributed by atoms with Crippen molar-refractivity contribution in [3.05, 3.63) is 35.1 Å². The average molecular weight is 301 g/mol. The SMILES string of the molecule is Fc1ccc2c(c1)CCC2NC1CCCC(C(F)(F)F)C1. The van der Waals surface area contributed by atoms with Crippen LogP contribution in [0.2, 0.25) is 0 Å². The van der Waals surface area contributed by atoms with E-state index in [1.807, 2.05) is 0 Å². The van der Waals surface area contributed by atoms with Gasteiger partial charge < -0.3 is 5.32 Å². The van der Waals surface area contributed by atoms with Crippen molar-refractivity contribution in [2.75, 3.05) is 0 Å². The van der Waals surface area contributed by atoms with Crippen LogP contribution in [0.4, 0.5) is 17.6 Å². The van der Waals surface area contributed by atoms with Crippen molar-refractivity contribution < 1.29 is 17.6 Å². The number of hydrogen-bond donors (Lipinski definition) is 1. The van der Waals surface area contributed by atoms with Crippen LogP contribution in [-0.4, -0.2) is 12.2 Å². The van der Waals surface area contributed by atoms with E-state index in [1.54, 1.807) is 6.07 Å². The highest BCUT2D eigenvalue weighted by Crippen LogP contribution is 2.39. The molecule has 0 aromatic heterocycles. The summed E-state index contributed by atoms with van der Waals surface area (Å²) in [4.78, 5) is 0. The molecule has 21 heavy (non-hydrogen) atoms. The van der Waals surface area contributed by atoms with Crippen LogP contribution < -0.4 is 5.32 Å². The van der Waals surface area contributed by atoms with Crippen molar-refractivity contribution >= 4 is 0 Å². The minimum atomic E-state index is -4.09. The maximum absolute atomic E-state index is 13.2. The summed E-state index contributed by atoms with van der Waals surface area (Å²) in [6.45, 7) is 0. The Kier molecular flexibility index (Phi) is 3.95. The first-order valence-corrected chi connectivity index (χ1v) is 7.54. The Morgan fingerprint density at radius 2 is 1.90 bits per heavy atom. The predicted octanol–water partition coefficient (Wildman–Crippen LogP) is 4.52. The van der Waals surface area contributed by atoms with E-state index < -0.39 is 12.1 Å². The maximum atomic E-state index is 13.2. The molecule has 3 atom stereocenters. The van der Waals surface area contributed by atoms with Crippen molar-refractivity contribution in [3.63, 3.8) is 0 Å². The Morgan fingerprint density at radius 3 is 2.67 bits per heavy atom. The number of hydrogen-bond acceptors (Lipinski definition) is 1. The van der Waals surface area contributed by atoms with Gasteiger partial charge in [-0.05, 0) is 55.4 Å². The van der Waals surface area contributed by atoms with Gasteiger partial charge in [0.2, 0.25) is 0 Å². The van der Waals surface area contributed by atoms with Crippen LogP contribution in [0.1, 0.15) is 49.3 Å². The zero-order chi connectivity index (χ0) is 15.0. The second-order valence-corrected chi connectivity index (χ2v) is 6.20. The Morgan fingerprint density at radius 1 is 1.10 bits per heavy atom. The second kappa shape index (κ2) is 5.59. The highest BCUT2D eigenvalue weighted by Gasteiger charge is 2.42. The monoisotopic (exact) mass is 301 g/mol. The molecule has 0 radical (unpaired) electrons. The lowest BCUT2D eigenvalue weighted by Crippen LogP contribution is -2.40. The minimum absolute atomic E-state index is 0.0672. The highest BCUT2D eigenvalue weighted by atomic mass is 19.4. The average Bonchev–Trinajstić information content (AvgIpc) is 2.80. The van der Waals surface area contributed by atoms with Gasteiger partial charge in [-0.15, -0.1) is 0 Å². The summed E-state index contributed by atoms with van der Waals surface area (Å²) in [7, 11) is 0. The highest BCUT2D eigenvalue weighted by molar-refractivity contribution is 5.35. The van der Waals surface area contributed by atoms with E-state index >= 15 is 0 Å². The lowest BCUT2D eigenvalue weighted by atomic mass is 9.84. The third-order valence-corrected chi connectivity index (χ3v) is 4.76. The first kappa shape index (κ1) is 14.8. The number of rotatable bonds is 2. The predicted molar refractivity (Wildman–Crippen MR) is 72.4 cm³/mol. The summed E-state index contributed by atoms with van der Waals surface area (Å²) >= 11 is 0.